The van der Waals surface area contributed by atoms with Gasteiger partial charge < -0.3 is 9.84 Å². The maximum Gasteiger partial charge on any atom is 0.300 e. The second-order valence-electron chi connectivity index (χ2n) is 6.91. The number of halogens is 2. The molecule has 4 rings (SSSR count). The predicted octanol–water partition coefficient (Wildman–Crippen LogP) is 5.63. The normalized spacial score (nSPS) is 17.8. The predicted molar refractivity (Wildman–Crippen MR) is 121 cm³/mol. The largest absolute Gasteiger partial charge is 0.507 e. The summed E-state index contributed by atoms with van der Waals surface area (Å²) in [5.41, 5.74) is 1.39. The standard InChI is InChI=1S/C24H17Cl2NO4/c1-31-17-9-5-6-14(12-17)21-20(22(28)15-10-11-18(25)19(26)13-15)23(29)24(30)27(21)16-7-3-2-4-8-16/h2-13,21,28H,1H3/b22-20-. The average molecular weight is 454 g/mol. The summed E-state index contributed by atoms with van der Waals surface area (Å²) in [6.45, 7) is 0. The van der Waals surface area contributed by atoms with Crippen LogP contribution in [-0.2, 0) is 9.59 Å². The van der Waals surface area contributed by atoms with Crippen molar-refractivity contribution in [3.8, 4) is 5.75 Å². The average Bonchev–Trinajstić information content (AvgIpc) is 3.06. The molecular formula is C24H17Cl2NO4. The van der Waals surface area contributed by atoms with Crippen LogP contribution < -0.4 is 9.64 Å². The Kier molecular flexibility index (Phi) is 5.72. The van der Waals surface area contributed by atoms with Gasteiger partial charge in [-0.1, -0.05) is 53.5 Å². The highest BCUT2D eigenvalue weighted by Gasteiger charge is 2.47. The molecule has 1 N–H and O–H groups in total. The molecule has 1 amide bonds. The number of anilines is 1. The fourth-order valence-electron chi connectivity index (χ4n) is 3.61. The van der Waals surface area contributed by atoms with Crippen LogP contribution in [0, 0.1) is 0 Å². The van der Waals surface area contributed by atoms with Crippen LogP contribution in [0.5, 0.6) is 5.75 Å². The van der Waals surface area contributed by atoms with E-state index in [4.69, 9.17) is 27.9 Å². The Morgan fingerprint density at radius 3 is 2.35 bits per heavy atom. The van der Waals surface area contributed by atoms with Crippen LogP contribution in [0.2, 0.25) is 10.0 Å². The Balaban J connectivity index is 1.96. The van der Waals surface area contributed by atoms with Crippen LogP contribution in [0.4, 0.5) is 5.69 Å². The number of Topliss-reactive ketones (excluding diaryl/α,β-unsaturated/α-hetero) is 1. The van der Waals surface area contributed by atoms with E-state index in [1.54, 1.807) is 54.6 Å². The molecule has 156 valence electrons. The number of rotatable bonds is 4. The number of ketones is 1. The Morgan fingerprint density at radius 1 is 0.935 bits per heavy atom. The summed E-state index contributed by atoms with van der Waals surface area (Å²) >= 11 is 12.1. The summed E-state index contributed by atoms with van der Waals surface area (Å²) < 4.78 is 5.32. The molecule has 5 nitrogen and oxygen atoms in total. The first-order chi connectivity index (χ1) is 14.9. The van der Waals surface area contributed by atoms with E-state index in [0.717, 1.165) is 0 Å². The van der Waals surface area contributed by atoms with Crippen LogP contribution in [0.1, 0.15) is 17.2 Å². The van der Waals surface area contributed by atoms with Gasteiger partial charge in [-0.25, -0.2) is 0 Å². The van der Waals surface area contributed by atoms with Crippen LogP contribution in [0.15, 0.2) is 78.4 Å². The van der Waals surface area contributed by atoms with E-state index in [1.807, 2.05) is 6.07 Å². The van der Waals surface area contributed by atoms with Crippen molar-refractivity contribution in [2.24, 2.45) is 0 Å². The minimum atomic E-state index is -0.855. The summed E-state index contributed by atoms with van der Waals surface area (Å²) in [7, 11) is 1.53. The molecule has 0 aliphatic carbocycles. The fourth-order valence-corrected chi connectivity index (χ4v) is 3.91. The van der Waals surface area contributed by atoms with E-state index < -0.39 is 17.7 Å². The number of amides is 1. The number of carbonyl (C=O) groups excluding carboxylic acids is 2. The highest BCUT2D eigenvalue weighted by Crippen LogP contribution is 2.43. The first-order valence-corrected chi connectivity index (χ1v) is 10.1. The topological polar surface area (TPSA) is 66.8 Å². The Morgan fingerprint density at radius 2 is 1.68 bits per heavy atom. The van der Waals surface area contributed by atoms with Gasteiger partial charge >= 0.3 is 0 Å². The highest BCUT2D eigenvalue weighted by atomic mass is 35.5. The third kappa shape index (κ3) is 3.78. The molecule has 1 saturated heterocycles. The maximum atomic E-state index is 13.1. The van der Waals surface area contributed by atoms with Gasteiger partial charge in [-0.3, -0.25) is 14.5 Å². The van der Waals surface area contributed by atoms with Gasteiger partial charge in [0.2, 0.25) is 0 Å². The lowest BCUT2D eigenvalue weighted by molar-refractivity contribution is -0.132. The van der Waals surface area contributed by atoms with Gasteiger partial charge in [0.05, 0.1) is 28.8 Å². The molecule has 0 saturated carbocycles. The first kappa shape index (κ1) is 21.0. The maximum absolute atomic E-state index is 13.1. The number of ether oxygens (including phenoxy) is 1. The van der Waals surface area contributed by atoms with Crippen molar-refractivity contribution in [3.63, 3.8) is 0 Å². The lowest BCUT2D eigenvalue weighted by Crippen LogP contribution is -2.29. The van der Waals surface area contributed by atoms with Crippen molar-refractivity contribution in [3.05, 3.63) is 99.5 Å². The smallest absolute Gasteiger partial charge is 0.300 e. The Hall–Kier alpha value is -3.28. The van der Waals surface area contributed by atoms with Crippen molar-refractivity contribution in [1.82, 2.24) is 0 Å². The molecule has 0 spiro atoms. The lowest BCUT2D eigenvalue weighted by atomic mass is 9.95. The highest BCUT2D eigenvalue weighted by molar-refractivity contribution is 6.51. The molecule has 3 aromatic carbocycles. The number of hydrogen-bond acceptors (Lipinski definition) is 4. The number of aliphatic hydroxyl groups excluding tert-OH is 1. The molecule has 1 unspecified atom stereocenters. The number of carbonyl (C=O) groups is 2. The fraction of sp³-hybridized carbons (Fsp3) is 0.0833. The van der Waals surface area contributed by atoms with E-state index in [1.165, 1.54) is 24.1 Å². The van der Waals surface area contributed by atoms with Gasteiger partial charge in [0.25, 0.3) is 11.7 Å². The molecule has 1 aliphatic rings. The third-order valence-corrected chi connectivity index (χ3v) is 5.82. The summed E-state index contributed by atoms with van der Waals surface area (Å²) in [4.78, 5) is 27.5. The van der Waals surface area contributed by atoms with Crippen molar-refractivity contribution < 1.29 is 19.4 Å². The quantitative estimate of drug-likeness (QED) is 0.315. The number of nitrogens with zero attached hydrogens (tertiary/aromatic N) is 1. The summed E-state index contributed by atoms with van der Waals surface area (Å²) in [5.74, 6) is -1.30. The number of methoxy groups -OCH3 is 1. The molecule has 3 aromatic rings. The van der Waals surface area contributed by atoms with Crippen LogP contribution >= 0.6 is 23.2 Å². The Labute approximate surface area is 189 Å². The van der Waals surface area contributed by atoms with Crippen LogP contribution in [0.25, 0.3) is 5.76 Å². The second kappa shape index (κ2) is 8.46. The van der Waals surface area contributed by atoms with E-state index in [2.05, 4.69) is 0 Å². The van der Waals surface area contributed by atoms with Gasteiger partial charge in [-0.05, 0) is 48.0 Å². The van der Waals surface area contributed by atoms with E-state index >= 15 is 0 Å². The molecule has 31 heavy (non-hydrogen) atoms. The SMILES string of the molecule is COc1cccc(C2/C(=C(/O)c3ccc(Cl)c(Cl)c3)C(=O)C(=O)N2c2ccccc2)c1. The summed E-state index contributed by atoms with van der Waals surface area (Å²) in [6, 6.07) is 19.5. The van der Waals surface area contributed by atoms with Gasteiger partial charge in [0.1, 0.15) is 11.5 Å². The second-order valence-corrected chi connectivity index (χ2v) is 7.72. The Bertz CT molecular complexity index is 1210. The summed E-state index contributed by atoms with van der Waals surface area (Å²) in [5, 5.41) is 11.6. The van der Waals surface area contributed by atoms with Gasteiger partial charge in [0, 0.05) is 11.3 Å². The van der Waals surface area contributed by atoms with Crippen molar-refractivity contribution in [2.75, 3.05) is 12.0 Å². The third-order valence-electron chi connectivity index (χ3n) is 5.08. The van der Waals surface area contributed by atoms with Gasteiger partial charge in [-0.15, -0.1) is 0 Å². The van der Waals surface area contributed by atoms with Gasteiger partial charge in [0.15, 0.2) is 0 Å². The summed E-state index contributed by atoms with van der Waals surface area (Å²) in [6.07, 6.45) is 0. The van der Waals surface area contributed by atoms with Gasteiger partial charge in [-0.2, -0.15) is 0 Å². The number of aliphatic hydroxyl groups is 1. The zero-order valence-electron chi connectivity index (χ0n) is 16.4. The minimum absolute atomic E-state index is 0.0412. The van der Waals surface area contributed by atoms with Crippen molar-refractivity contribution in [2.45, 2.75) is 6.04 Å². The van der Waals surface area contributed by atoms with E-state index in [9.17, 15) is 14.7 Å². The molecule has 1 atom stereocenters. The monoisotopic (exact) mass is 453 g/mol. The van der Waals surface area contributed by atoms with Crippen molar-refractivity contribution >= 4 is 46.3 Å². The van der Waals surface area contributed by atoms with Crippen LogP contribution in [-0.4, -0.2) is 23.9 Å². The zero-order valence-corrected chi connectivity index (χ0v) is 17.9. The molecule has 1 heterocycles. The van der Waals surface area contributed by atoms with E-state index in [0.29, 0.717) is 22.0 Å². The zero-order chi connectivity index (χ0) is 22.1. The van der Waals surface area contributed by atoms with Crippen LogP contribution in [0.3, 0.4) is 0 Å². The minimum Gasteiger partial charge on any atom is -0.507 e. The number of para-hydroxylation sites is 1. The molecule has 0 radical (unpaired) electrons. The van der Waals surface area contributed by atoms with E-state index in [-0.39, 0.29) is 21.9 Å². The van der Waals surface area contributed by atoms with Crippen molar-refractivity contribution in [1.29, 1.82) is 0 Å². The molecule has 1 aliphatic heterocycles. The first-order valence-electron chi connectivity index (χ1n) is 9.38. The molecule has 7 heteroatoms. The molecule has 0 aromatic heterocycles. The number of benzene rings is 3. The molecule has 0 bridgehead atoms. The number of hydrogen-bond donors (Lipinski definition) is 1. The molecule has 1 fully saturated rings. The molecular weight excluding hydrogens is 437 g/mol. The lowest BCUT2D eigenvalue weighted by Gasteiger charge is -2.25.